The van der Waals surface area contributed by atoms with E-state index in [4.69, 9.17) is 19.9 Å². The van der Waals surface area contributed by atoms with Crippen LogP contribution in [0.25, 0.3) is 10.9 Å². The number of aromatic nitrogens is 1. The van der Waals surface area contributed by atoms with Gasteiger partial charge in [0.15, 0.2) is 6.61 Å². The average Bonchev–Trinajstić information content (AvgIpc) is 3.33. The van der Waals surface area contributed by atoms with Crippen molar-refractivity contribution in [1.29, 1.82) is 5.26 Å². The Hall–Kier alpha value is -3.95. The number of methoxy groups -OCH3 is 1. The smallest absolute Gasteiger partial charge is 0.406 e. The predicted molar refractivity (Wildman–Crippen MR) is 166 cm³/mol. The van der Waals surface area contributed by atoms with Crippen LogP contribution in [-0.2, 0) is 21.3 Å². The Kier molecular flexibility index (Phi) is 11.6. The van der Waals surface area contributed by atoms with Crippen molar-refractivity contribution in [2.24, 2.45) is 5.14 Å². The lowest BCUT2D eigenvalue weighted by molar-refractivity contribution is -0.140. The first-order chi connectivity index (χ1) is 21.5. The summed E-state index contributed by atoms with van der Waals surface area (Å²) in [6, 6.07) is 13.3. The van der Waals surface area contributed by atoms with Crippen molar-refractivity contribution in [3.8, 4) is 23.7 Å². The zero-order valence-corrected chi connectivity index (χ0v) is 25.7. The van der Waals surface area contributed by atoms with Crippen LogP contribution in [0.1, 0.15) is 37.8 Å². The van der Waals surface area contributed by atoms with E-state index in [1.54, 1.807) is 31.4 Å². The maximum Gasteiger partial charge on any atom is 0.406 e. The molecule has 1 heterocycles. The van der Waals surface area contributed by atoms with E-state index in [1.165, 1.54) is 18.2 Å². The Bertz CT molecular complexity index is 1670. The summed E-state index contributed by atoms with van der Waals surface area (Å²) >= 11 is 0. The number of fused-ring (bicyclic) bond motifs is 1. The molecule has 0 amide bonds. The van der Waals surface area contributed by atoms with Gasteiger partial charge in [-0.2, -0.15) is 18.4 Å². The van der Waals surface area contributed by atoms with Gasteiger partial charge in [-0.1, -0.05) is 12.0 Å². The summed E-state index contributed by atoms with van der Waals surface area (Å²) < 4.78 is 75.9. The number of ether oxygens (including phenoxy) is 2. The van der Waals surface area contributed by atoms with Gasteiger partial charge in [-0.3, -0.25) is 0 Å². The van der Waals surface area contributed by atoms with E-state index in [-0.39, 0.29) is 35.5 Å². The number of nitrogens with one attached hydrogen (secondary N) is 3. The molecule has 242 valence electrons. The minimum Gasteiger partial charge on any atom is -0.477 e. The number of nitriles is 1. The second kappa shape index (κ2) is 15.4. The normalized spacial score (nSPS) is 16.9. The first-order valence-corrected chi connectivity index (χ1v) is 16.1. The van der Waals surface area contributed by atoms with Gasteiger partial charge in [-0.15, -0.1) is 0 Å². The van der Waals surface area contributed by atoms with Crippen LogP contribution in [-0.4, -0.2) is 64.7 Å². The molecule has 45 heavy (non-hydrogen) atoms. The third-order valence-electron chi connectivity index (χ3n) is 7.49. The Morgan fingerprint density at radius 1 is 1.09 bits per heavy atom. The van der Waals surface area contributed by atoms with Gasteiger partial charge in [-0.25, -0.2) is 13.6 Å². The Morgan fingerprint density at radius 3 is 2.53 bits per heavy atom. The number of alkyl halides is 3. The first kappa shape index (κ1) is 33.9. The van der Waals surface area contributed by atoms with Gasteiger partial charge in [0.1, 0.15) is 18.4 Å². The fourth-order valence-electron chi connectivity index (χ4n) is 5.38. The molecule has 10 nitrogen and oxygen atoms in total. The van der Waals surface area contributed by atoms with Crippen molar-refractivity contribution < 1.29 is 31.1 Å². The molecule has 0 bridgehead atoms. The van der Waals surface area contributed by atoms with Crippen molar-refractivity contribution in [3.05, 3.63) is 48.2 Å². The summed E-state index contributed by atoms with van der Waals surface area (Å²) in [5.41, 5.74) is 1.73. The van der Waals surface area contributed by atoms with Crippen LogP contribution in [0.4, 0.5) is 24.5 Å². The summed E-state index contributed by atoms with van der Waals surface area (Å²) in [6.45, 7) is 0.0945. The number of nitrogens with two attached hydrogens (primary N) is 1. The van der Waals surface area contributed by atoms with Crippen LogP contribution in [0, 0.1) is 23.2 Å². The minimum absolute atomic E-state index is 0.000962. The van der Waals surface area contributed by atoms with E-state index in [1.807, 2.05) is 6.07 Å². The van der Waals surface area contributed by atoms with Gasteiger partial charge < -0.3 is 30.0 Å². The Morgan fingerprint density at radius 2 is 1.84 bits per heavy atom. The molecule has 4 rings (SSSR count). The molecule has 0 unspecified atom stereocenters. The van der Waals surface area contributed by atoms with Crippen LogP contribution in [0.5, 0.6) is 5.75 Å². The Labute approximate surface area is 261 Å². The number of hydrogen-bond acceptors (Lipinski definition) is 8. The molecule has 1 saturated carbocycles. The van der Waals surface area contributed by atoms with Gasteiger partial charge >= 0.3 is 6.18 Å². The van der Waals surface area contributed by atoms with Gasteiger partial charge in [0.05, 0.1) is 28.3 Å². The van der Waals surface area contributed by atoms with Crippen LogP contribution >= 0.6 is 0 Å². The maximum atomic E-state index is 13.6. The molecule has 0 aliphatic heterocycles. The molecule has 0 saturated heterocycles. The molecule has 0 radical (unpaired) electrons. The monoisotopic (exact) mass is 646 g/mol. The van der Waals surface area contributed by atoms with E-state index in [9.17, 15) is 21.6 Å². The van der Waals surface area contributed by atoms with Gasteiger partial charge in [0.2, 0.25) is 10.0 Å². The summed E-state index contributed by atoms with van der Waals surface area (Å²) in [5, 5.41) is 24.8. The molecule has 1 fully saturated rings. The van der Waals surface area contributed by atoms with Gasteiger partial charge in [0.25, 0.3) is 0 Å². The third kappa shape index (κ3) is 9.77. The standard InChI is InChI=1S/C31H37F3N6O4S/c1-43-17-4-16-37-22-8-10-23(11-9-22)39-27-6-2-7-29-26(27)19-24(40(29)21-31(32,33)34)5-3-15-38-28-13-12-25(45(36,41)42)20-30(28)44-18-14-35/h2,6-7,12-13,19-20,22-23,37-39H,4,8-11,15-18,21H2,1H3,(H2,36,41,42). The molecule has 5 N–H and O–H groups in total. The number of halogens is 3. The van der Waals surface area contributed by atoms with Crippen LogP contribution in [0.2, 0.25) is 0 Å². The predicted octanol–water partition coefficient (Wildman–Crippen LogP) is 4.57. The number of anilines is 2. The highest BCUT2D eigenvalue weighted by Gasteiger charge is 2.30. The van der Waals surface area contributed by atoms with Crippen molar-refractivity contribution in [2.45, 2.75) is 61.8 Å². The molecule has 1 aliphatic carbocycles. The zero-order valence-electron chi connectivity index (χ0n) is 24.9. The zero-order chi connectivity index (χ0) is 32.5. The number of sulfonamides is 1. The molecule has 0 atom stereocenters. The number of rotatable bonds is 13. The molecule has 14 heteroatoms. The SMILES string of the molecule is COCCCNC1CCC(Nc2cccc3c2cc(C#CCNc2ccc(S(N)(=O)=O)cc2OCC#N)n3CC(F)(F)F)CC1. The lowest BCUT2D eigenvalue weighted by atomic mass is 9.91. The van der Waals surface area contributed by atoms with Crippen LogP contribution < -0.4 is 25.8 Å². The van der Waals surface area contributed by atoms with E-state index >= 15 is 0 Å². The van der Waals surface area contributed by atoms with Gasteiger partial charge in [-0.05, 0) is 74.9 Å². The summed E-state index contributed by atoms with van der Waals surface area (Å²) in [6.07, 6.45) is 0.396. The number of benzene rings is 2. The lowest BCUT2D eigenvalue weighted by Crippen LogP contribution is -2.37. The highest BCUT2D eigenvalue weighted by atomic mass is 32.2. The fraction of sp³-hybridized carbons (Fsp3) is 0.452. The molecule has 0 spiro atoms. The number of nitrogens with zero attached hydrogens (tertiary/aromatic N) is 2. The molecule has 1 aliphatic rings. The van der Waals surface area contributed by atoms with Crippen LogP contribution in [0.15, 0.2) is 47.4 Å². The molecular weight excluding hydrogens is 609 g/mol. The quantitative estimate of drug-likeness (QED) is 0.156. The summed E-state index contributed by atoms with van der Waals surface area (Å²) in [4.78, 5) is -0.198. The summed E-state index contributed by atoms with van der Waals surface area (Å²) in [5.74, 6) is 5.78. The lowest BCUT2D eigenvalue weighted by Gasteiger charge is -2.30. The van der Waals surface area contributed by atoms with Crippen molar-refractivity contribution in [2.75, 3.05) is 44.0 Å². The highest BCUT2D eigenvalue weighted by molar-refractivity contribution is 7.89. The van der Waals surface area contributed by atoms with Gasteiger partial charge in [0, 0.05) is 42.9 Å². The van der Waals surface area contributed by atoms with E-state index in [2.05, 4.69) is 27.8 Å². The molecule has 2 aromatic carbocycles. The van der Waals surface area contributed by atoms with Crippen molar-refractivity contribution in [3.63, 3.8) is 0 Å². The summed E-state index contributed by atoms with van der Waals surface area (Å²) in [7, 11) is -2.32. The van der Waals surface area contributed by atoms with Crippen molar-refractivity contribution in [1.82, 2.24) is 9.88 Å². The Balaban J connectivity index is 1.51. The molecule has 3 aromatic rings. The second-order valence-electron chi connectivity index (χ2n) is 10.8. The largest absolute Gasteiger partial charge is 0.477 e. The van der Waals surface area contributed by atoms with Crippen molar-refractivity contribution >= 4 is 32.3 Å². The van der Waals surface area contributed by atoms with Crippen LogP contribution in [0.3, 0.4) is 0 Å². The minimum atomic E-state index is -4.46. The molecule has 1 aromatic heterocycles. The van der Waals surface area contributed by atoms with E-state index in [0.717, 1.165) is 55.5 Å². The maximum absolute atomic E-state index is 13.6. The number of primary sulfonamides is 1. The van der Waals surface area contributed by atoms with E-state index in [0.29, 0.717) is 22.6 Å². The average molecular weight is 647 g/mol. The fourth-order valence-corrected chi connectivity index (χ4v) is 5.91. The van der Waals surface area contributed by atoms with E-state index < -0.39 is 22.7 Å². The second-order valence-corrected chi connectivity index (χ2v) is 12.3. The highest BCUT2D eigenvalue weighted by Crippen LogP contribution is 2.32. The number of hydrogen-bond donors (Lipinski definition) is 4. The topological polar surface area (TPSA) is 143 Å². The third-order valence-corrected chi connectivity index (χ3v) is 8.40. The first-order valence-electron chi connectivity index (χ1n) is 14.6. The molecular formula is C31H37F3N6O4S.